The molecular formula is C20H24N2O3. The van der Waals surface area contributed by atoms with Crippen molar-refractivity contribution >= 4 is 11.6 Å². The van der Waals surface area contributed by atoms with Crippen LogP contribution in [0.25, 0.3) is 0 Å². The average molecular weight is 340 g/mol. The summed E-state index contributed by atoms with van der Waals surface area (Å²) in [5, 5.41) is 2.97. The Balaban J connectivity index is 1.49. The van der Waals surface area contributed by atoms with E-state index in [0.717, 1.165) is 25.1 Å². The fourth-order valence-electron chi connectivity index (χ4n) is 3.15. The minimum absolute atomic E-state index is 0.0548. The van der Waals surface area contributed by atoms with E-state index >= 15 is 0 Å². The smallest absolute Gasteiger partial charge is 0.222 e. The molecule has 2 aromatic carbocycles. The lowest BCUT2D eigenvalue weighted by Gasteiger charge is -2.19. The molecule has 1 heterocycles. The number of para-hydroxylation sites is 1. The highest BCUT2D eigenvalue weighted by atomic mass is 16.5. The number of hydrogen-bond donors (Lipinski definition) is 1. The second kappa shape index (κ2) is 7.92. The number of carbonyl (C=O) groups excluding carboxylic acids is 1. The summed E-state index contributed by atoms with van der Waals surface area (Å²) in [7, 11) is 3.21. The van der Waals surface area contributed by atoms with E-state index in [9.17, 15) is 4.79 Å². The van der Waals surface area contributed by atoms with Crippen molar-refractivity contribution in [2.24, 2.45) is 0 Å². The predicted molar refractivity (Wildman–Crippen MR) is 98.4 cm³/mol. The summed E-state index contributed by atoms with van der Waals surface area (Å²) in [6.07, 6.45) is 1.55. The van der Waals surface area contributed by atoms with Crippen molar-refractivity contribution in [1.29, 1.82) is 0 Å². The Morgan fingerprint density at radius 3 is 2.72 bits per heavy atom. The quantitative estimate of drug-likeness (QED) is 0.842. The lowest BCUT2D eigenvalue weighted by Crippen LogP contribution is -2.29. The van der Waals surface area contributed by atoms with Crippen LogP contribution in [0.3, 0.4) is 0 Å². The van der Waals surface area contributed by atoms with E-state index in [1.54, 1.807) is 14.2 Å². The number of carbonyl (C=O) groups is 1. The number of fused-ring (bicyclic) bond motifs is 1. The van der Waals surface area contributed by atoms with E-state index in [-0.39, 0.29) is 5.91 Å². The third kappa shape index (κ3) is 4.05. The van der Waals surface area contributed by atoms with Crippen molar-refractivity contribution in [3.63, 3.8) is 0 Å². The third-order valence-electron chi connectivity index (χ3n) is 4.53. The van der Waals surface area contributed by atoms with Crippen molar-refractivity contribution in [2.45, 2.75) is 19.4 Å². The standard InChI is InChI=1S/C20H24N2O3/c1-24-18-8-7-15(13-19(18)25-2)14-21-20(23)10-12-22-11-9-16-5-3-4-6-17(16)22/h3-8,13H,9-12,14H2,1-2H3,(H,21,23). The number of benzene rings is 2. The maximum atomic E-state index is 12.2. The Morgan fingerprint density at radius 1 is 1.12 bits per heavy atom. The van der Waals surface area contributed by atoms with E-state index in [2.05, 4.69) is 28.4 Å². The van der Waals surface area contributed by atoms with Crippen LogP contribution in [0.1, 0.15) is 17.5 Å². The van der Waals surface area contributed by atoms with Gasteiger partial charge in [0.2, 0.25) is 5.91 Å². The van der Waals surface area contributed by atoms with E-state index in [1.165, 1.54) is 11.3 Å². The van der Waals surface area contributed by atoms with Gasteiger partial charge in [-0.1, -0.05) is 24.3 Å². The number of nitrogens with one attached hydrogen (secondary N) is 1. The summed E-state index contributed by atoms with van der Waals surface area (Å²) in [5.74, 6) is 1.41. The Hall–Kier alpha value is -2.69. The summed E-state index contributed by atoms with van der Waals surface area (Å²) >= 11 is 0. The van der Waals surface area contributed by atoms with Crippen molar-refractivity contribution in [3.8, 4) is 11.5 Å². The maximum absolute atomic E-state index is 12.2. The van der Waals surface area contributed by atoms with Crippen LogP contribution in [-0.4, -0.2) is 33.2 Å². The van der Waals surface area contributed by atoms with Crippen molar-refractivity contribution in [3.05, 3.63) is 53.6 Å². The SMILES string of the molecule is COc1ccc(CNC(=O)CCN2CCc3ccccc32)cc1OC. The normalized spacial score (nSPS) is 12.6. The molecule has 25 heavy (non-hydrogen) atoms. The van der Waals surface area contributed by atoms with Gasteiger partial charge in [0.1, 0.15) is 0 Å². The average Bonchev–Trinajstić information content (AvgIpc) is 3.07. The van der Waals surface area contributed by atoms with Gasteiger partial charge in [-0.15, -0.1) is 0 Å². The minimum atomic E-state index is 0.0548. The molecule has 5 nitrogen and oxygen atoms in total. The molecule has 2 aromatic rings. The molecule has 1 N–H and O–H groups in total. The molecule has 0 unspecified atom stereocenters. The van der Waals surface area contributed by atoms with Gasteiger partial charge >= 0.3 is 0 Å². The number of hydrogen-bond acceptors (Lipinski definition) is 4. The second-order valence-electron chi connectivity index (χ2n) is 6.08. The molecule has 1 aliphatic rings. The predicted octanol–water partition coefficient (Wildman–Crippen LogP) is 2.77. The lowest BCUT2D eigenvalue weighted by atomic mass is 10.2. The summed E-state index contributed by atoms with van der Waals surface area (Å²) in [6.45, 7) is 2.22. The first-order valence-corrected chi connectivity index (χ1v) is 8.51. The van der Waals surface area contributed by atoms with Crippen molar-refractivity contribution in [2.75, 3.05) is 32.2 Å². The van der Waals surface area contributed by atoms with Crippen LogP contribution in [0.5, 0.6) is 11.5 Å². The summed E-state index contributed by atoms with van der Waals surface area (Å²) in [4.78, 5) is 14.5. The zero-order valence-corrected chi connectivity index (χ0v) is 14.7. The summed E-state index contributed by atoms with van der Waals surface area (Å²) in [6, 6.07) is 14.1. The zero-order valence-electron chi connectivity index (χ0n) is 14.7. The van der Waals surface area contributed by atoms with Crippen LogP contribution in [-0.2, 0) is 17.8 Å². The van der Waals surface area contributed by atoms with E-state index < -0.39 is 0 Å². The topological polar surface area (TPSA) is 50.8 Å². The molecule has 132 valence electrons. The number of nitrogens with zero attached hydrogens (tertiary/aromatic N) is 1. The van der Waals surface area contributed by atoms with Crippen LogP contribution < -0.4 is 19.7 Å². The molecule has 1 amide bonds. The monoisotopic (exact) mass is 340 g/mol. The van der Waals surface area contributed by atoms with Gasteiger partial charge in [-0.3, -0.25) is 4.79 Å². The molecule has 0 aliphatic carbocycles. The van der Waals surface area contributed by atoms with Gasteiger partial charge in [-0.2, -0.15) is 0 Å². The summed E-state index contributed by atoms with van der Waals surface area (Å²) in [5.41, 5.74) is 3.61. The molecule has 1 aliphatic heterocycles. The Kier molecular flexibility index (Phi) is 5.43. The first-order valence-electron chi connectivity index (χ1n) is 8.51. The van der Waals surface area contributed by atoms with Crippen LogP contribution >= 0.6 is 0 Å². The highest BCUT2D eigenvalue weighted by molar-refractivity contribution is 5.76. The number of amides is 1. The van der Waals surface area contributed by atoms with E-state index in [1.807, 2.05) is 24.3 Å². The molecule has 0 saturated carbocycles. The third-order valence-corrected chi connectivity index (χ3v) is 4.53. The highest BCUT2D eigenvalue weighted by Crippen LogP contribution is 2.28. The Labute approximate surface area is 148 Å². The molecular weight excluding hydrogens is 316 g/mol. The van der Waals surface area contributed by atoms with Crippen molar-refractivity contribution < 1.29 is 14.3 Å². The largest absolute Gasteiger partial charge is 0.493 e. The lowest BCUT2D eigenvalue weighted by molar-refractivity contribution is -0.121. The van der Waals surface area contributed by atoms with Crippen molar-refractivity contribution in [1.82, 2.24) is 5.32 Å². The highest BCUT2D eigenvalue weighted by Gasteiger charge is 2.18. The molecule has 0 saturated heterocycles. The van der Waals surface area contributed by atoms with Crippen LogP contribution in [0.2, 0.25) is 0 Å². The zero-order chi connectivity index (χ0) is 17.6. The molecule has 0 bridgehead atoms. The minimum Gasteiger partial charge on any atom is -0.493 e. The van der Waals surface area contributed by atoms with Gasteiger partial charge in [0, 0.05) is 31.7 Å². The number of ether oxygens (including phenoxy) is 2. The first kappa shape index (κ1) is 17.1. The van der Waals surface area contributed by atoms with Gasteiger partial charge in [0.25, 0.3) is 0 Å². The molecule has 0 spiro atoms. The van der Waals surface area contributed by atoms with Crippen LogP contribution in [0.4, 0.5) is 5.69 Å². The fourth-order valence-corrected chi connectivity index (χ4v) is 3.15. The maximum Gasteiger partial charge on any atom is 0.222 e. The Bertz CT molecular complexity index is 745. The van der Waals surface area contributed by atoms with Gasteiger partial charge in [-0.25, -0.2) is 0 Å². The second-order valence-corrected chi connectivity index (χ2v) is 6.08. The fraction of sp³-hybridized carbons (Fsp3) is 0.350. The number of methoxy groups -OCH3 is 2. The van der Waals surface area contributed by atoms with Crippen LogP contribution in [0, 0.1) is 0 Å². The molecule has 0 fully saturated rings. The molecule has 3 rings (SSSR count). The number of anilines is 1. The van der Waals surface area contributed by atoms with E-state index in [4.69, 9.17) is 9.47 Å². The summed E-state index contributed by atoms with van der Waals surface area (Å²) < 4.78 is 10.5. The van der Waals surface area contributed by atoms with Gasteiger partial charge in [-0.05, 0) is 35.7 Å². The van der Waals surface area contributed by atoms with Gasteiger partial charge in [0.15, 0.2) is 11.5 Å². The molecule has 0 aromatic heterocycles. The molecule has 0 atom stereocenters. The van der Waals surface area contributed by atoms with Gasteiger partial charge in [0.05, 0.1) is 14.2 Å². The molecule has 0 radical (unpaired) electrons. The number of rotatable bonds is 7. The van der Waals surface area contributed by atoms with Gasteiger partial charge < -0.3 is 19.7 Å². The first-order chi connectivity index (χ1) is 12.2. The van der Waals surface area contributed by atoms with E-state index in [0.29, 0.717) is 24.5 Å². The van der Waals surface area contributed by atoms with Crippen LogP contribution in [0.15, 0.2) is 42.5 Å². The molecule has 5 heteroatoms. The Morgan fingerprint density at radius 2 is 1.92 bits per heavy atom.